The molecule has 0 aliphatic rings. The Kier molecular flexibility index (Phi) is 10.0. The first-order chi connectivity index (χ1) is 18.7. The Morgan fingerprint density at radius 3 is 2.15 bits per heavy atom. The third-order valence-corrected chi connectivity index (χ3v) is 8.55. The fourth-order valence-corrected chi connectivity index (χ4v) is 6.09. The highest BCUT2D eigenvalue weighted by Crippen LogP contribution is 2.30. The topological polar surface area (TPSA) is 86.8 Å². The Hall–Kier alpha value is -3.36. The molecule has 0 radical (unpaired) electrons. The van der Waals surface area contributed by atoms with E-state index < -0.39 is 34.1 Å². The molecule has 0 bridgehead atoms. The summed E-state index contributed by atoms with van der Waals surface area (Å²) in [5, 5.41) is 3.32. The lowest BCUT2D eigenvalue weighted by Gasteiger charge is -2.35. The Morgan fingerprint density at radius 1 is 0.925 bits per heavy atom. The molecule has 2 amide bonds. The lowest BCUT2D eigenvalue weighted by atomic mass is 10.0. The maximum atomic E-state index is 14.2. The molecular formula is C31H38ClN3O4S. The van der Waals surface area contributed by atoms with Gasteiger partial charge in [0.05, 0.1) is 10.6 Å². The molecule has 0 spiro atoms. The number of rotatable bonds is 10. The third kappa shape index (κ3) is 7.64. The molecule has 0 unspecified atom stereocenters. The zero-order chi connectivity index (χ0) is 29.7. The normalized spacial score (nSPS) is 12.5. The van der Waals surface area contributed by atoms with Crippen molar-refractivity contribution in [3.05, 3.63) is 94.5 Å². The van der Waals surface area contributed by atoms with Gasteiger partial charge in [-0.3, -0.25) is 13.9 Å². The average Bonchev–Trinajstić information content (AvgIpc) is 2.89. The molecule has 1 N–H and O–H groups in total. The second-order valence-corrected chi connectivity index (χ2v) is 13.2. The number of nitrogens with one attached hydrogen (secondary N) is 1. The largest absolute Gasteiger partial charge is 0.350 e. The van der Waals surface area contributed by atoms with Crippen LogP contribution in [0.25, 0.3) is 0 Å². The van der Waals surface area contributed by atoms with Crippen molar-refractivity contribution in [3.8, 4) is 0 Å². The molecule has 7 nitrogen and oxygen atoms in total. The van der Waals surface area contributed by atoms with Gasteiger partial charge in [0.1, 0.15) is 12.6 Å². The number of amides is 2. The van der Waals surface area contributed by atoms with Crippen molar-refractivity contribution in [1.82, 2.24) is 10.2 Å². The summed E-state index contributed by atoms with van der Waals surface area (Å²) in [5.41, 5.74) is 2.26. The summed E-state index contributed by atoms with van der Waals surface area (Å²) in [7, 11) is -4.16. The molecule has 0 heterocycles. The number of hydrogen-bond donors (Lipinski definition) is 1. The minimum Gasteiger partial charge on any atom is -0.350 e. The molecule has 40 heavy (non-hydrogen) atoms. The van der Waals surface area contributed by atoms with Crippen molar-refractivity contribution >= 4 is 39.1 Å². The molecule has 0 saturated carbocycles. The predicted octanol–water partition coefficient (Wildman–Crippen LogP) is 5.87. The van der Waals surface area contributed by atoms with E-state index in [9.17, 15) is 18.0 Å². The van der Waals surface area contributed by atoms with Crippen LogP contribution in [0.15, 0.2) is 77.7 Å². The van der Waals surface area contributed by atoms with E-state index in [1.807, 2.05) is 58.9 Å². The number of carbonyl (C=O) groups is 2. The highest BCUT2D eigenvalue weighted by Gasteiger charge is 2.35. The van der Waals surface area contributed by atoms with Gasteiger partial charge >= 0.3 is 0 Å². The number of aryl methyl sites for hydroxylation is 2. The summed E-state index contributed by atoms with van der Waals surface area (Å²) in [6.07, 6.45) is 0.348. The molecule has 0 aliphatic heterocycles. The molecule has 9 heteroatoms. The second-order valence-electron chi connectivity index (χ2n) is 10.9. The van der Waals surface area contributed by atoms with Gasteiger partial charge in [-0.2, -0.15) is 0 Å². The molecule has 214 valence electrons. The van der Waals surface area contributed by atoms with Crippen molar-refractivity contribution in [2.75, 3.05) is 10.8 Å². The summed E-state index contributed by atoms with van der Waals surface area (Å²) in [6.45, 7) is 10.8. The molecule has 3 aromatic carbocycles. The average molecular weight is 584 g/mol. The summed E-state index contributed by atoms with van der Waals surface area (Å²) >= 11 is 6.29. The number of sulfonamides is 1. The highest BCUT2D eigenvalue weighted by molar-refractivity contribution is 7.92. The minimum absolute atomic E-state index is 0.0464. The van der Waals surface area contributed by atoms with Crippen LogP contribution in [0.2, 0.25) is 5.02 Å². The van der Waals surface area contributed by atoms with Gasteiger partial charge in [-0.25, -0.2) is 8.42 Å². The first-order valence-corrected chi connectivity index (χ1v) is 15.1. The van der Waals surface area contributed by atoms with Gasteiger partial charge in [-0.15, -0.1) is 0 Å². The minimum atomic E-state index is -4.16. The van der Waals surface area contributed by atoms with Crippen LogP contribution in [-0.2, 0) is 26.2 Å². The highest BCUT2D eigenvalue weighted by atomic mass is 35.5. The number of halogens is 1. The van der Waals surface area contributed by atoms with Crippen molar-refractivity contribution in [2.24, 2.45) is 0 Å². The van der Waals surface area contributed by atoms with Crippen LogP contribution in [0.4, 0.5) is 5.69 Å². The van der Waals surface area contributed by atoms with E-state index in [0.29, 0.717) is 22.7 Å². The van der Waals surface area contributed by atoms with Gasteiger partial charge in [0.2, 0.25) is 11.8 Å². The summed E-state index contributed by atoms with van der Waals surface area (Å²) in [4.78, 5) is 29.2. The van der Waals surface area contributed by atoms with E-state index in [1.165, 1.54) is 17.0 Å². The monoisotopic (exact) mass is 583 g/mol. The number of carbonyl (C=O) groups excluding carboxylic acids is 2. The molecule has 0 aromatic heterocycles. The Labute approximate surface area is 243 Å². The van der Waals surface area contributed by atoms with Crippen LogP contribution < -0.4 is 9.62 Å². The summed E-state index contributed by atoms with van der Waals surface area (Å²) in [5.74, 6) is -0.800. The molecule has 0 saturated heterocycles. The molecule has 1 atom stereocenters. The SMILES string of the molecule is CC[C@@H](C(=O)NC(C)(C)C)N(Cc1ccccc1C)C(=O)CN(c1cc(Cl)ccc1C)S(=O)(=O)c1ccccc1. The number of hydrogen-bond acceptors (Lipinski definition) is 4. The van der Waals surface area contributed by atoms with Gasteiger partial charge in [-0.1, -0.05) is 67.1 Å². The van der Waals surface area contributed by atoms with Gasteiger partial charge in [0.15, 0.2) is 0 Å². The summed E-state index contributed by atoms with van der Waals surface area (Å²) in [6, 6.07) is 19.7. The molecule has 0 aliphatic carbocycles. The molecule has 0 fully saturated rings. The number of nitrogens with zero attached hydrogens (tertiary/aromatic N) is 2. The maximum Gasteiger partial charge on any atom is 0.264 e. The van der Waals surface area contributed by atoms with E-state index in [4.69, 9.17) is 11.6 Å². The van der Waals surface area contributed by atoms with Crippen LogP contribution in [0, 0.1) is 13.8 Å². The van der Waals surface area contributed by atoms with Crippen molar-refractivity contribution in [3.63, 3.8) is 0 Å². The van der Waals surface area contributed by atoms with Crippen LogP contribution in [0.5, 0.6) is 0 Å². The molecule has 3 rings (SSSR count). The Morgan fingerprint density at radius 2 is 1.55 bits per heavy atom. The fraction of sp³-hybridized carbons (Fsp3) is 0.355. The van der Waals surface area contributed by atoms with Crippen molar-refractivity contribution in [2.45, 2.75) is 71.0 Å². The van der Waals surface area contributed by atoms with Crippen LogP contribution in [0.3, 0.4) is 0 Å². The van der Waals surface area contributed by atoms with Crippen molar-refractivity contribution in [1.29, 1.82) is 0 Å². The second kappa shape index (κ2) is 12.9. The van der Waals surface area contributed by atoms with Gasteiger partial charge in [-0.05, 0) is 82.0 Å². The Balaban J connectivity index is 2.12. The lowest BCUT2D eigenvalue weighted by molar-refractivity contribution is -0.141. The Bertz CT molecular complexity index is 1450. The van der Waals surface area contributed by atoms with Gasteiger partial charge in [0.25, 0.3) is 10.0 Å². The first kappa shape index (κ1) is 31.2. The van der Waals surface area contributed by atoms with Gasteiger partial charge in [0, 0.05) is 17.1 Å². The zero-order valence-electron chi connectivity index (χ0n) is 23.9. The fourth-order valence-electron chi connectivity index (χ4n) is 4.43. The lowest BCUT2D eigenvalue weighted by Crippen LogP contribution is -2.55. The summed E-state index contributed by atoms with van der Waals surface area (Å²) < 4.78 is 29.0. The molecular weight excluding hydrogens is 546 g/mol. The number of benzene rings is 3. The zero-order valence-corrected chi connectivity index (χ0v) is 25.5. The maximum absolute atomic E-state index is 14.2. The van der Waals surface area contributed by atoms with Gasteiger partial charge < -0.3 is 10.2 Å². The standard InChI is InChI=1S/C31H38ClN3O4S/c1-7-27(30(37)33-31(4,5)6)34(20-24-14-12-11-13-22(24)2)29(36)21-35(28-19-25(32)18-17-23(28)3)40(38,39)26-15-9-8-10-16-26/h8-19,27H,7,20-21H2,1-6H3,(H,33,37)/t27-/m0/s1. The van der Waals surface area contributed by atoms with Crippen LogP contribution in [-0.4, -0.2) is 43.3 Å². The van der Waals surface area contributed by atoms with E-state index in [2.05, 4.69) is 5.32 Å². The smallest absolute Gasteiger partial charge is 0.264 e. The van der Waals surface area contributed by atoms with E-state index >= 15 is 0 Å². The third-order valence-electron chi connectivity index (χ3n) is 6.54. The van der Waals surface area contributed by atoms with Crippen LogP contribution in [0.1, 0.15) is 50.8 Å². The van der Waals surface area contributed by atoms with E-state index in [0.717, 1.165) is 15.4 Å². The molecule has 3 aromatic rings. The van der Waals surface area contributed by atoms with E-state index in [1.54, 1.807) is 43.3 Å². The first-order valence-electron chi connectivity index (χ1n) is 13.2. The van der Waals surface area contributed by atoms with Crippen molar-refractivity contribution < 1.29 is 18.0 Å². The van der Waals surface area contributed by atoms with Crippen LogP contribution >= 0.6 is 11.6 Å². The number of anilines is 1. The predicted molar refractivity (Wildman–Crippen MR) is 161 cm³/mol. The van der Waals surface area contributed by atoms with E-state index in [-0.39, 0.29) is 17.3 Å². The quantitative estimate of drug-likeness (QED) is 0.323.